The zero-order chi connectivity index (χ0) is 19.4. The van der Waals surface area contributed by atoms with Gasteiger partial charge in [0, 0.05) is 17.2 Å². The Morgan fingerprint density at radius 2 is 1.74 bits per heavy atom. The van der Waals surface area contributed by atoms with Gasteiger partial charge < -0.3 is 0 Å². The lowest BCUT2D eigenvalue weighted by Crippen LogP contribution is -2.42. The first-order chi connectivity index (χ1) is 13.0. The second-order valence-electron chi connectivity index (χ2n) is 5.65. The van der Waals surface area contributed by atoms with Gasteiger partial charge in [-0.2, -0.15) is 5.10 Å². The number of benzene rings is 2. The number of nitro benzene ring substituents is 1. The summed E-state index contributed by atoms with van der Waals surface area (Å²) in [6, 6.07) is 15.0. The fraction of sp³-hybridized carbons (Fsp3) is 0.0556. The number of amides is 2. The molecule has 0 spiro atoms. The Kier molecular flexibility index (Phi) is 4.93. The zero-order valence-corrected chi connectivity index (χ0v) is 14.2. The Morgan fingerprint density at radius 1 is 1.04 bits per heavy atom. The minimum Gasteiger partial charge on any atom is -0.272 e. The quantitative estimate of drug-likeness (QED) is 0.483. The van der Waals surface area contributed by atoms with Crippen molar-refractivity contribution in [2.45, 2.75) is 6.92 Å². The lowest BCUT2D eigenvalue weighted by atomic mass is 10.1. The molecule has 0 aliphatic heterocycles. The van der Waals surface area contributed by atoms with Gasteiger partial charge in [-0.25, -0.2) is 0 Å². The SMILES string of the molecule is Cc1c(C(=O)NNC(=O)c2cc(-c3ccccc3)n[nH]2)cccc1[N+](=O)[O-]. The van der Waals surface area contributed by atoms with Crippen molar-refractivity contribution >= 4 is 17.5 Å². The summed E-state index contributed by atoms with van der Waals surface area (Å²) in [7, 11) is 0. The van der Waals surface area contributed by atoms with Crippen molar-refractivity contribution in [2.24, 2.45) is 0 Å². The molecule has 0 unspecified atom stereocenters. The van der Waals surface area contributed by atoms with Crippen LogP contribution in [-0.4, -0.2) is 26.9 Å². The van der Waals surface area contributed by atoms with E-state index in [9.17, 15) is 19.7 Å². The van der Waals surface area contributed by atoms with Gasteiger partial charge in [-0.05, 0) is 19.1 Å². The van der Waals surface area contributed by atoms with Crippen LogP contribution in [0.2, 0.25) is 0 Å². The zero-order valence-electron chi connectivity index (χ0n) is 14.2. The van der Waals surface area contributed by atoms with Crippen molar-refractivity contribution in [3.63, 3.8) is 0 Å². The first kappa shape index (κ1) is 17.8. The third kappa shape index (κ3) is 3.82. The van der Waals surface area contributed by atoms with Crippen LogP contribution >= 0.6 is 0 Å². The second kappa shape index (κ2) is 7.48. The highest BCUT2D eigenvalue weighted by atomic mass is 16.6. The molecule has 9 heteroatoms. The molecule has 1 heterocycles. The van der Waals surface area contributed by atoms with E-state index in [-0.39, 0.29) is 22.5 Å². The summed E-state index contributed by atoms with van der Waals surface area (Å²) in [6.07, 6.45) is 0. The fourth-order valence-electron chi connectivity index (χ4n) is 2.51. The smallest absolute Gasteiger partial charge is 0.272 e. The van der Waals surface area contributed by atoms with Gasteiger partial charge in [-0.15, -0.1) is 0 Å². The van der Waals surface area contributed by atoms with E-state index >= 15 is 0 Å². The second-order valence-corrected chi connectivity index (χ2v) is 5.65. The van der Waals surface area contributed by atoms with Gasteiger partial charge in [-0.3, -0.25) is 35.7 Å². The normalized spacial score (nSPS) is 10.3. The molecule has 27 heavy (non-hydrogen) atoms. The van der Waals surface area contributed by atoms with Gasteiger partial charge in [0.05, 0.1) is 16.2 Å². The standard InChI is InChI=1S/C18H15N5O4/c1-11-13(8-5-9-16(11)23(26)27)17(24)21-22-18(25)15-10-14(19-20-15)12-6-3-2-4-7-12/h2-10H,1H3,(H,19,20)(H,21,24)(H,22,25). The molecule has 0 saturated carbocycles. The third-order valence-electron chi connectivity index (χ3n) is 3.93. The van der Waals surface area contributed by atoms with Crippen LogP contribution in [0.3, 0.4) is 0 Å². The van der Waals surface area contributed by atoms with Gasteiger partial charge in [0.25, 0.3) is 17.5 Å². The minimum absolute atomic E-state index is 0.0964. The first-order valence-electron chi connectivity index (χ1n) is 7.93. The number of nitrogens with one attached hydrogen (secondary N) is 3. The molecule has 9 nitrogen and oxygen atoms in total. The molecular weight excluding hydrogens is 350 g/mol. The lowest BCUT2D eigenvalue weighted by molar-refractivity contribution is -0.385. The van der Waals surface area contributed by atoms with E-state index in [0.717, 1.165) is 5.56 Å². The number of carbonyl (C=O) groups excluding carboxylic acids is 2. The predicted octanol–water partition coefficient (Wildman–Crippen LogP) is 2.37. The van der Waals surface area contributed by atoms with E-state index in [2.05, 4.69) is 21.0 Å². The maximum Gasteiger partial charge on any atom is 0.287 e. The number of hydrazine groups is 1. The van der Waals surface area contributed by atoms with Crippen LogP contribution in [0, 0.1) is 17.0 Å². The molecule has 3 N–H and O–H groups in total. The number of nitro groups is 1. The Labute approximate surface area is 153 Å². The highest BCUT2D eigenvalue weighted by Gasteiger charge is 2.19. The number of aromatic nitrogens is 2. The maximum atomic E-state index is 12.2. The summed E-state index contributed by atoms with van der Waals surface area (Å²) in [6.45, 7) is 1.47. The van der Waals surface area contributed by atoms with E-state index in [4.69, 9.17) is 0 Å². The van der Waals surface area contributed by atoms with E-state index in [1.807, 2.05) is 30.3 Å². The maximum absolute atomic E-state index is 12.2. The van der Waals surface area contributed by atoms with Gasteiger partial charge in [-0.1, -0.05) is 36.4 Å². The van der Waals surface area contributed by atoms with Crippen molar-refractivity contribution in [1.82, 2.24) is 21.0 Å². The summed E-state index contributed by atoms with van der Waals surface area (Å²) >= 11 is 0. The molecule has 0 radical (unpaired) electrons. The van der Waals surface area contributed by atoms with Crippen molar-refractivity contribution in [1.29, 1.82) is 0 Å². The summed E-state index contributed by atoms with van der Waals surface area (Å²) in [5.41, 5.74) is 6.22. The van der Waals surface area contributed by atoms with Gasteiger partial charge in [0.2, 0.25) is 0 Å². The number of carbonyl (C=O) groups is 2. The number of hydrogen-bond donors (Lipinski definition) is 3. The molecule has 2 amide bonds. The average molecular weight is 365 g/mol. The minimum atomic E-state index is -0.660. The van der Waals surface area contributed by atoms with Crippen LogP contribution in [-0.2, 0) is 0 Å². The van der Waals surface area contributed by atoms with Crippen molar-refractivity contribution < 1.29 is 14.5 Å². The average Bonchev–Trinajstić information content (AvgIpc) is 3.17. The van der Waals surface area contributed by atoms with Crippen molar-refractivity contribution in [2.75, 3.05) is 0 Å². The van der Waals surface area contributed by atoms with Crippen LogP contribution in [0.4, 0.5) is 5.69 Å². The molecule has 0 fully saturated rings. The first-order valence-corrected chi connectivity index (χ1v) is 7.93. The molecule has 0 aliphatic carbocycles. The Bertz CT molecular complexity index is 1010. The van der Waals surface area contributed by atoms with E-state index < -0.39 is 16.7 Å². The predicted molar refractivity (Wildman–Crippen MR) is 96.8 cm³/mol. The molecular formula is C18H15N5O4. The van der Waals surface area contributed by atoms with Crippen molar-refractivity contribution in [3.8, 4) is 11.3 Å². The molecule has 0 aliphatic rings. The number of nitrogens with zero attached hydrogens (tertiary/aromatic N) is 2. The highest BCUT2D eigenvalue weighted by molar-refractivity contribution is 5.99. The number of aromatic amines is 1. The Hall–Kier alpha value is -4.01. The van der Waals surface area contributed by atoms with Crippen LogP contribution in [0.1, 0.15) is 26.4 Å². The summed E-state index contributed by atoms with van der Waals surface area (Å²) in [5, 5.41) is 17.6. The Balaban J connectivity index is 1.68. The summed E-state index contributed by atoms with van der Waals surface area (Å²) in [5.74, 6) is -1.26. The van der Waals surface area contributed by atoms with Crippen LogP contribution in [0.5, 0.6) is 0 Å². The molecule has 0 saturated heterocycles. The third-order valence-corrected chi connectivity index (χ3v) is 3.93. The number of hydrogen-bond acceptors (Lipinski definition) is 5. The van der Waals surface area contributed by atoms with E-state index in [1.54, 1.807) is 6.07 Å². The molecule has 0 atom stereocenters. The molecule has 0 bridgehead atoms. The monoisotopic (exact) mass is 365 g/mol. The topological polar surface area (TPSA) is 130 Å². The molecule has 2 aromatic carbocycles. The van der Waals surface area contributed by atoms with Gasteiger partial charge in [0.15, 0.2) is 0 Å². The lowest BCUT2D eigenvalue weighted by Gasteiger charge is -2.08. The molecule has 3 aromatic rings. The molecule has 1 aromatic heterocycles. The number of rotatable bonds is 4. The van der Waals surface area contributed by atoms with Crippen LogP contribution in [0.25, 0.3) is 11.3 Å². The number of H-pyrrole nitrogens is 1. The largest absolute Gasteiger partial charge is 0.287 e. The highest BCUT2D eigenvalue weighted by Crippen LogP contribution is 2.21. The molecule has 3 rings (SSSR count). The van der Waals surface area contributed by atoms with Crippen LogP contribution < -0.4 is 10.9 Å². The van der Waals surface area contributed by atoms with Crippen molar-refractivity contribution in [3.05, 3.63) is 81.5 Å². The van der Waals surface area contributed by atoms with Gasteiger partial charge >= 0.3 is 0 Å². The van der Waals surface area contributed by atoms with Crippen LogP contribution in [0.15, 0.2) is 54.6 Å². The summed E-state index contributed by atoms with van der Waals surface area (Å²) < 4.78 is 0. The van der Waals surface area contributed by atoms with E-state index in [0.29, 0.717) is 5.69 Å². The van der Waals surface area contributed by atoms with E-state index in [1.165, 1.54) is 25.1 Å². The van der Waals surface area contributed by atoms with Gasteiger partial charge in [0.1, 0.15) is 5.69 Å². The summed E-state index contributed by atoms with van der Waals surface area (Å²) in [4.78, 5) is 34.8. The fourth-order valence-corrected chi connectivity index (χ4v) is 2.51. The Morgan fingerprint density at radius 3 is 2.44 bits per heavy atom. The molecule has 136 valence electrons.